The van der Waals surface area contributed by atoms with Gasteiger partial charge in [0.25, 0.3) is 11.8 Å². The molecule has 4 rings (SSSR count). The van der Waals surface area contributed by atoms with Gasteiger partial charge in [-0.1, -0.05) is 29.8 Å². The number of amides is 3. The first-order valence-electron chi connectivity index (χ1n) is 10.4. The summed E-state index contributed by atoms with van der Waals surface area (Å²) in [5.74, 6) is -1.04. The van der Waals surface area contributed by atoms with Gasteiger partial charge in [0.2, 0.25) is 5.91 Å². The van der Waals surface area contributed by atoms with Crippen LogP contribution < -0.4 is 15.5 Å². The summed E-state index contributed by atoms with van der Waals surface area (Å²) in [4.78, 5) is 39.4. The number of aryl methyl sites for hydroxylation is 2. The molecule has 33 heavy (non-hydrogen) atoms. The molecule has 1 heterocycles. The summed E-state index contributed by atoms with van der Waals surface area (Å²) in [6, 6.07) is 19.2. The molecule has 0 aromatic heterocycles. The van der Waals surface area contributed by atoms with E-state index in [-0.39, 0.29) is 17.2 Å². The number of anilines is 3. The van der Waals surface area contributed by atoms with Gasteiger partial charge in [0.15, 0.2) is 0 Å². The third-order valence-corrected chi connectivity index (χ3v) is 5.69. The highest BCUT2D eigenvalue weighted by Crippen LogP contribution is 2.35. The molecule has 0 saturated heterocycles. The summed E-state index contributed by atoms with van der Waals surface area (Å²) in [7, 11) is 0. The molecule has 3 amide bonds. The fraction of sp³-hybridized carbons (Fsp3) is 0.115. The van der Waals surface area contributed by atoms with Gasteiger partial charge in [-0.05, 0) is 79.1 Å². The lowest BCUT2D eigenvalue weighted by Crippen LogP contribution is -2.32. The van der Waals surface area contributed by atoms with E-state index in [0.717, 1.165) is 11.1 Å². The van der Waals surface area contributed by atoms with Crippen LogP contribution in [0.1, 0.15) is 23.6 Å². The van der Waals surface area contributed by atoms with Gasteiger partial charge in [-0.2, -0.15) is 0 Å². The summed E-state index contributed by atoms with van der Waals surface area (Å²) in [6.45, 7) is 5.34. The Morgan fingerprint density at radius 3 is 2.06 bits per heavy atom. The van der Waals surface area contributed by atoms with Gasteiger partial charge in [0, 0.05) is 23.3 Å². The van der Waals surface area contributed by atoms with Crippen LogP contribution in [0.5, 0.6) is 0 Å². The van der Waals surface area contributed by atoms with Crippen LogP contribution in [0.25, 0.3) is 5.57 Å². The largest absolute Gasteiger partial charge is 0.350 e. The molecule has 1 aliphatic rings. The topological polar surface area (TPSA) is 78.5 Å². The second-order valence-corrected chi connectivity index (χ2v) is 8.29. The van der Waals surface area contributed by atoms with E-state index in [0.29, 0.717) is 27.6 Å². The van der Waals surface area contributed by atoms with Crippen LogP contribution in [-0.2, 0) is 14.4 Å². The number of benzene rings is 3. The number of carbonyl (C=O) groups is 3. The smallest absolute Gasteiger partial charge is 0.282 e. The lowest BCUT2D eigenvalue weighted by atomic mass is 10.0. The Hall–Kier alpha value is -3.90. The normalized spacial score (nSPS) is 13.5. The molecule has 0 unspecified atom stereocenters. The van der Waals surface area contributed by atoms with E-state index in [1.54, 1.807) is 54.6 Å². The molecule has 0 radical (unpaired) electrons. The number of rotatable bonds is 5. The van der Waals surface area contributed by atoms with Gasteiger partial charge < -0.3 is 10.6 Å². The Labute approximate surface area is 196 Å². The van der Waals surface area contributed by atoms with E-state index < -0.39 is 11.8 Å². The van der Waals surface area contributed by atoms with E-state index in [1.807, 2.05) is 26.0 Å². The first-order chi connectivity index (χ1) is 15.7. The van der Waals surface area contributed by atoms with Crippen molar-refractivity contribution in [3.05, 3.63) is 94.1 Å². The maximum Gasteiger partial charge on any atom is 0.282 e. The van der Waals surface area contributed by atoms with Gasteiger partial charge in [-0.15, -0.1) is 0 Å². The summed E-state index contributed by atoms with van der Waals surface area (Å²) in [5, 5.41) is 6.34. The summed E-state index contributed by atoms with van der Waals surface area (Å²) >= 11 is 6.03. The predicted molar refractivity (Wildman–Crippen MR) is 131 cm³/mol. The Bertz CT molecular complexity index is 1300. The zero-order valence-corrected chi connectivity index (χ0v) is 19.2. The quantitative estimate of drug-likeness (QED) is 0.507. The van der Waals surface area contributed by atoms with Crippen LogP contribution in [0.2, 0.25) is 5.02 Å². The van der Waals surface area contributed by atoms with Crippen molar-refractivity contribution in [1.29, 1.82) is 0 Å². The third-order valence-electron chi connectivity index (χ3n) is 5.44. The van der Waals surface area contributed by atoms with Crippen LogP contribution in [0.3, 0.4) is 0 Å². The Balaban J connectivity index is 1.75. The molecular formula is C26H22ClN3O3. The number of halogens is 1. The minimum atomic E-state index is -0.445. The van der Waals surface area contributed by atoms with Crippen LogP contribution >= 0.6 is 11.6 Å². The molecule has 6 nitrogen and oxygen atoms in total. The molecule has 0 atom stereocenters. The third kappa shape index (κ3) is 4.52. The van der Waals surface area contributed by atoms with Gasteiger partial charge in [-0.25, -0.2) is 4.90 Å². The maximum absolute atomic E-state index is 13.5. The highest BCUT2D eigenvalue weighted by molar-refractivity contribution is 6.46. The van der Waals surface area contributed by atoms with Gasteiger partial charge in [0.1, 0.15) is 5.70 Å². The second-order valence-electron chi connectivity index (χ2n) is 7.85. The lowest BCUT2D eigenvalue weighted by molar-refractivity contribution is -0.120. The van der Waals surface area contributed by atoms with Crippen molar-refractivity contribution in [3.63, 3.8) is 0 Å². The van der Waals surface area contributed by atoms with E-state index in [4.69, 9.17) is 11.6 Å². The van der Waals surface area contributed by atoms with Crippen molar-refractivity contribution in [2.45, 2.75) is 20.8 Å². The first kappa shape index (κ1) is 22.3. The number of imide groups is 1. The fourth-order valence-corrected chi connectivity index (χ4v) is 3.74. The Kier molecular flexibility index (Phi) is 6.03. The zero-order chi connectivity index (χ0) is 23.7. The van der Waals surface area contributed by atoms with E-state index in [1.165, 1.54) is 11.8 Å². The summed E-state index contributed by atoms with van der Waals surface area (Å²) in [5.41, 5.74) is 4.82. The van der Waals surface area contributed by atoms with Gasteiger partial charge in [-0.3, -0.25) is 14.4 Å². The number of hydrogen-bond acceptors (Lipinski definition) is 4. The van der Waals surface area contributed by atoms with E-state index in [9.17, 15) is 14.4 Å². The molecule has 0 aliphatic carbocycles. The van der Waals surface area contributed by atoms with Crippen molar-refractivity contribution >= 4 is 52.0 Å². The van der Waals surface area contributed by atoms with Crippen LogP contribution in [-0.4, -0.2) is 17.7 Å². The van der Waals surface area contributed by atoms with Crippen LogP contribution in [0.15, 0.2) is 72.4 Å². The predicted octanol–water partition coefficient (Wildman–Crippen LogP) is 5.31. The lowest BCUT2D eigenvalue weighted by Gasteiger charge is -2.17. The molecule has 0 saturated carbocycles. The molecular weight excluding hydrogens is 438 g/mol. The molecule has 166 valence electrons. The van der Waals surface area contributed by atoms with Gasteiger partial charge in [0.05, 0.1) is 11.3 Å². The monoisotopic (exact) mass is 459 g/mol. The van der Waals surface area contributed by atoms with Gasteiger partial charge >= 0.3 is 0 Å². The maximum atomic E-state index is 13.5. The highest BCUT2D eigenvalue weighted by atomic mass is 35.5. The second kappa shape index (κ2) is 8.92. The standard InChI is InChI=1S/C26H22ClN3O3/c1-15-4-13-22(14-16(15)2)30-25(32)23(18-5-7-19(27)8-6-18)24(26(30)33)29-21-11-9-20(10-12-21)28-17(3)31/h4-14,29H,1-3H3,(H,28,31). The number of nitrogens with zero attached hydrogens (tertiary/aromatic N) is 1. The molecule has 3 aromatic rings. The number of carbonyl (C=O) groups excluding carboxylic acids is 3. The minimum Gasteiger partial charge on any atom is -0.350 e. The summed E-state index contributed by atoms with van der Waals surface area (Å²) in [6.07, 6.45) is 0. The van der Waals surface area contributed by atoms with Crippen LogP contribution in [0, 0.1) is 13.8 Å². The Morgan fingerprint density at radius 2 is 1.45 bits per heavy atom. The molecule has 1 aliphatic heterocycles. The zero-order valence-electron chi connectivity index (χ0n) is 18.4. The average molecular weight is 460 g/mol. The van der Waals surface area contributed by atoms with Crippen LogP contribution in [0.4, 0.5) is 17.1 Å². The SMILES string of the molecule is CC(=O)Nc1ccc(NC2=C(c3ccc(Cl)cc3)C(=O)N(c3ccc(C)c(C)c3)C2=O)cc1. The van der Waals surface area contributed by atoms with Crippen molar-refractivity contribution in [3.8, 4) is 0 Å². The molecule has 0 fully saturated rings. The van der Waals surface area contributed by atoms with E-state index >= 15 is 0 Å². The van der Waals surface area contributed by atoms with E-state index in [2.05, 4.69) is 10.6 Å². The average Bonchev–Trinajstić information content (AvgIpc) is 3.01. The van der Waals surface area contributed by atoms with Crippen molar-refractivity contribution < 1.29 is 14.4 Å². The number of nitrogens with one attached hydrogen (secondary N) is 2. The molecule has 0 bridgehead atoms. The fourth-order valence-electron chi connectivity index (χ4n) is 3.61. The molecule has 2 N–H and O–H groups in total. The van der Waals surface area contributed by atoms with Crippen molar-refractivity contribution in [1.82, 2.24) is 0 Å². The first-order valence-corrected chi connectivity index (χ1v) is 10.7. The highest BCUT2D eigenvalue weighted by Gasteiger charge is 2.40. The van der Waals surface area contributed by atoms with Crippen molar-refractivity contribution in [2.24, 2.45) is 0 Å². The Morgan fingerprint density at radius 1 is 0.818 bits per heavy atom. The summed E-state index contributed by atoms with van der Waals surface area (Å²) < 4.78 is 0. The molecule has 7 heteroatoms. The number of hydrogen-bond donors (Lipinski definition) is 2. The molecule has 3 aromatic carbocycles. The minimum absolute atomic E-state index is 0.174. The van der Waals surface area contributed by atoms with Crippen molar-refractivity contribution in [2.75, 3.05) is 15.5 Å². The molecule has 0 spiro atoms.